The van der Waals surface area contributed by atoms with Crippen molar-refractivity contribution in [3.63, 3.8) is 0 Å². The van der Waals surface area contributed by atoms with E-state index in [0.29, 0.717) is 0 Å². The van der Waals surface area contributed by atoms with Gasteiger partial charge in [-0.3, -0.25) is 0 Å². The molecule has 0 bridgehead atoms. The standard InChI is InChI=1S/C51H34N2/c1-2-44-45-18-10-11-19-50(45)53(43-16-4-3-5-17-43)51(44)37-24-22-36(23-25-37)46-33-49(42-27-21-35-13-7-9-15-39(35)31-42)52-48-29-28-41(32-47(46)48)40-26-20-34-12-6-8-14-38(34)30-40/h2-33H,1H2. The number of nitrogens with zero attached hydrogens (tertiary/aromatic N) is 2. The Morgan fingerprint density at radius 2 is 1.00 bits per heavy atom. The molecule has 53 heavy (non-hydrogen) atoms. The molecule has 0 atom stereocenters. The van der Waals surface area contributed by atoms with Crippen molar-refractivity contribution >= 4 is 49.4 Å². The van der Waals surface area contributed by atoms with Crippen LogP contribution < -0.4 is 0 Å². The number of hydrogen-bond acceptors (Lipinski definition) is 1. The van der Waals surface area contributed by atoms with E-state index in [1.165, 1.54) is 38.1 Å². The van der Waals surface area contributed by atoms with Gasteiger partial charge in [-0.2, -0.15) is 0 Å². The highest BCUT2D eigenvalue weighted by molar-refractivity contribution is 6.02. The van der Waals surface area contributed by atoms with Gasteiger partial charge in [0, 0.05) is 27.6 Å². The van der Waals surface area contributed by atoms with Crippen LogP contribution in [0.5, 0.6) is 0 Å². The van der Waals surface area contributed by atoms with Gasteiger partial charge in [-0.15, -0.1) is 0 Å². The second kappa shape index (κ2) is 12.6. The van der Waals surface area contributed by atoms with Crippen LogP contribution in [-0.4, -0.2) is 9.55 Å². The van der Waals surface area contributed by atoms with Gasteiger partial charge in [-0.1, -0.05) is 152 Å². The molecule has 0 radical (unpaired) electrons. The molecular weight excluding hydrogens is 641 g/mol. The van der Waals surface area contributed by atoms with Gasteiger partial charge in [0.15, 0.2) is 0 Å². The van der Waals surface area contributed by atoms with Crippen molar-refractivity contribution in [2.24, 2.45) is 0 Å². The maximum absolute atomic E-state index is 5.27. The van der Waals surface area contributed by atoms with E-state index >= 15 is 0 Å². The first kappa shape index (κ1) is 30.8. The zero-order valence-corrected chi connectivity index (χ0v) is 29.1. The summed E-state index contributed by atoms with van der Waals surface area (Å²) in [4.78, 5) is 5.27. The van der Waals surface area contributed by atoms with Crippen molar-refractivity contribution in [1.29, 1.82) is 0 Å². The second-order valence-corrected chi connectivity index (χ2v) is 13.6. The van der Waals surface area contributed by atoms with Crippen LogP contribution in [0.15, 0.2) is 195 Å². The maximum atomic E-state index is 5.27. The molecule has 2 aromatic heterocycles. The number of para-hydroxylation sites is 2. The summed E-state index contributed by atoms with van der Waals surface area (Å²) in [6.07, 6.45) is 1.99. The first-order valence-corrected chi connectivity index (χ1v) is 18.1. The van der Waals surface area contributed by atoms with Crippen molar-refractivity contribution in [3.8, 4) is 50.5 Å². The molecule has 8 aromatic carbocycles. The Morgan fingerprint density at radius 1 is 0.434 bits per heavy atom. The molecule has 2 nitrogen and oxygen atoms in total. The highest BCUT2D eigenvalue weighted by Gasteiger charge is 2.19. The van der Waals surface area contributed by atoms with Crippen molar-refractivity contribution in [3.05, 3.63) is 200 Å². The summed E-state index contributed by atoms with van der Waals surface area (Å²) in [5, 5.41) is 7.21. The highest BCUT2D eigenvalue weighted by Crippen LogP contribution is 2.40. The van der Waals surface area contributed by atoms with E-state index in [-0.39, 0.29) is 0 Å². The zero-order valence-electron chi connectivity index (χ0n) is 29.1. The molecule has 0 unspecified atom stereocenters. The SMILES string of the molecule is C=Cc1c(-c2ccc(-c3cc(-c4ccc5ccccc5c4)nc4ccc(-c5ccc6ccccc6c5)cc34)cc2)n(-c2ccccc2)c2ccccc12. The highest BCUT2D eigenvalue weighted by atomic mass is 15.0. The predicted molar refractivity (Wildman–Crippen MR) is 225 cm³/mol. The minimum atomic E-state index is 0.957. The van der Waals surface area contributed by atoms with Gasteiger partial charge in [0.05, 0.1) is 22.4 Å². The van der Waals surface area contributed by atoms with Crippen LogP contribution in [0.4, 0.5) is 0 Å². The van der Waals surface area contributed by atoms with Gasteiger partial charge < -0.3 is 4.57 Å². The lowest BCUT2D eigenvalue weighted by atomic mass is 9.93. The van der Waals surface area contributed by atoms with E-state index in [1.807, 2.05) is 6.08 Å². The number of fused-ring (bicyclic) bond motifs is 4. The molecule has 0 N–H and O–H groups in total. The Morgan fingerprint density at radius 3 is 1.74 bits per heavy atom. The normalized spacial score (nSPS) is 11.5. The molecular formula is C51H34N2. The van der Waals surface area contributed by atoms with Crippen LogP contribution in [-0.2, 0) is 0 Å². The molecule has 0 aliphatic heterocycles. The molecule has 0 saturated heterocycles. The lowest BCUT2D eigenvalue weighted by Gasteiger charge is -2.15. The monoisotopic (exact) mass is 674 g/mol. The fourth-order valence-corrected chi connectivity index (χ4v) is 7.92. The molecule has 0 spiro atoms. The van der Waals surface area contributed by atoms with Crippen LogP contribution >= 0.6 is 0 Å². The Balaban J connectivity index is 1.16. The lowest BCUT2D eigenvalue weighted by molar-refractivity contribution is 1.13. The summed E-state index contributed by atoms with van der Waals surface area (Å²) in [5.41, 5.74) is 13.4. The molecule has 10 aromatic rings. The topological polar surface area (TPSA) is 17.8 Å². The number of rotatable bonds is 6. The van der Waals surface area contributed by atoms with Crippen LogP contribution in [0.1, 0.15) is 5.56 Å². The number of hydrogen-bond donors (Lipinski definition) is 0. The predicted octanol–water partition coefficient (Wildman–Crippen LogP) is 13.8. The van der Waals surface area contributed by atoms with Gasteiger partial charge in [0.25, 0.3) is 0 Å². The minimum absolute atomic E-state index is 0.957. The van der Waals surface area contributed by atoms with Gasteiger partial charge >= 0.3 is 0 Å². The molecule has 0 fully saturated rings. The summed E-state index contributed by atoms with van der Waals surface area (Å²) >= 11 is 0. The van der Waals surface area contributed by atoms with E-state index in [1.54, 1.807) is 0 Å². The Labute approximate surface area is 308 Å². The van der Waals surface area contributed by atoms with E-state index in [9.17, 15) is 0 Å². The van der Waals surface area contributed by atoms with Crippen LogP contribution in [0, 0.1) is 0 Å². The molecule has 0 amide bonds. The Hall–Kier alpha value is -7.03. The lowest BCUT2D eigenvalue weighted by Crippen LogP contribution is -1.97. The third kappa shape index (κ3) is 5.32. The van der Waals surface area contributed by atoms with Crippen LogP contribution in [0.25, 0.3) is 99.9 Å². The van der Waals surface area contributed by atoms with Crippen molar-refractivity contribution in [2.75, 3.05) is 0 Å². The molecule has 248 valence electrons. The zero-order chi connectivity index (χ0) is 35.3. The summed E-state index contributed by atoms with van der Waals surface area (Å²) in [7, 11) is 0. The average Bonchev–Trinajstić information content (AvgIpc) is 3.57. The van der Waals surface area contributed by atoms with E-state index < -0.39 is 0 Å². The van der Waals surface area contributed by atoms with E-state index in [4.69, 9.17) is 4.98 Å². The Kier molecular flexibility index (Phi) is 7.33. The first-order chi connectivity index (χ1) is 26.2. The summed E-state index contributed by atoms with van der Waals surface area (Å²) in [5.74, 6) is 0. The largest absolute Gasteiger partial charge is 0.309 e. The summed E-state index contributed by atoms with van der Waals surface area (Å²) < 4.78 is 2.36. The van der Waals surface area contributed by atoms with Crippen molar-refractivity contribution in [2.45, 2.75) is 0 Å². The van der Waals surface area contributed by atoms with Gasteiger partial charge in [-0.05, 0) is 97.9 Å². The first-order valence-electron chi connectivity index (χ1n) is 18.1. The Bertz CT molecular complexity index is 3000. The van der Waals surface area contributed by atoms with Crippen LogP contribution in [0.3, 0.4) is 0 Å². The van der Waals surface area contributed by atoms with Crippen LogP contribution in [0.2, 0.25) is 0 Å². The molecule has 0 saturated carbocycles. The van der Waals surface area contributed by atoms with Gasteiger partial charge in [0.2, 0.25) is 0 Å². The average molecular weight is 675 g/mol. The molecule has 0 aliphatic rings. The van der Waals surface area contributed by atoms with Gasteiger partial charge in [-0.25, -0.2) is 4.98 Å². The fraction of sp³-hybridized carbons (Fsp3) is 0. The van der Waals surface area contributed by atoms with Crippen molar-refractivity contribution in [1.82, 2.24) is 9.55 Å². The van der Waals surface area contributed by atoms with Gasteiger partial charge in [0.1, 0.15) is 0 Å². The fourth-order valence-electron chi connectivity index (χ4n) is 7.92. The van der Waals surface area contributed by atoms with E-state index in [2.05, 4.69) is 199 Å². The molecule has 0 aliphatic carbocycles. The summed E-state index contributed by atoms with van der Waals surface area (Å²) in [6.45, 7) is 4.26. The number of pyridine rings is 1. The number of benzene rings is 8. The molecule has 2 heterocycles. The smallest absolute Gasteiger partial charge is 0.0716 e. The third-order valence-corrected chi connectivity index (χ3v) is 10.5. The second-order valence-electron chi connectivity index (χ2n) is 13.6. The number of aromatic nitrogens is 2. The minimum Gasteiger partial charge on any atom is -0.309 e. The van der Waals surface area contributed by atoms with Crippen molar-refractivity contribution < 1.29 is 0 Å². The maximum Gasteiger partial charge on any atom is 0.0716 e. The molecule has 2 heteroatoms. The summed E-state index contributed by atoms with van der Waals surface area (Å²) in [6, 6.07) is 67.5. The third-order valence-electron chi connectivity index (χ3n) is 10.5. The van der Waals surface area contributed by atoms with E-state index in [0.717, 1.165) is 61.3 Å². The molecule has 10 rings (SSSR count). The quantitative estimate of drug-likeness (QED) is 0.172.